The minimum atomic E-state index is -0.722. The Hall–Kier alpha value is -8.85. The van der Waals surface area contributed by atoms with E-state index in [9.17, 15) is 18.4 Å². The van der Waals surface area contributed by atoms with Crippen LogP contribution in [0.2, 0.25) is 0 Å². The molecule has 0 fully saturated rings. The standard InChI is InChI=1S/C28H26FNO5.C27H26FN3O4/c1-20(22-13-9-14-24(17-22)35-27(29)16-21-10-5-4-6-11-21)30-34-18-23-12-7-8-15-25(23)26(19-32-2)28(31)33-3;1-19(21-13-9-14-23(17-21)35-25(28)16-20-10-5-4-6-11-20)30-34-18-22-12-7-8-15-24(22)26(31-33-3)27(32)29-2/h4-17,19H,18H2,1-3H3;4-17H,18H2,1-3H3,(H,29,32)/b26-19+,27-16?,30-20+;25-16?,30-19+,31-26+. The average Bonchev–Trinajstić information content (AvgIpc) is 3.38. The molecule has 6 aromatic rings. The minimum absolute atomic E-state index is 0.0951. The molecule has 6 aromatic carbocycles. The van der Waals surface area contributed by atoms with Crippen molar-refractivity contribution >= 4 is 46.7 Å². The molecule has 0 aliphatic carbocycles. The molecule has 0 atom stereocenters. The number of rotatable bonds is 20. The van der Waals surface area contributed by atoms with Crippen LogP contribution in [0.5, 0.6) is 11.5 Å². The number of carbonyl (C=O) groups is 2. The van der Waals surface area contributed by atoms with Crippen LogP contribution in [0.25, 0.3) is 17.7 Å². The van der Waals surface area contributed by atoms with Crippen molar-refractivity contribution in [1.82, 2.24) is 5.32 Å². The van der Waals surface area contributed by atoms with E-state index in [1.807, 2.05) is 72.8 Å². The number of ether oxygens (including phenoxy) is 4. The summed E-state index contributed by atoms with van der Waals surface area (Å²) in [7, 11) is 5.65. The van der Waals surface area contributed by atoms with E-state index in [1.165, 1.54) is 46.8 Å². The van der Waals surface area contributed by atoms with Gasteiger partial charge >= 0.3 is 5.97 Å². The molecule has 0 heterocycles. The second-order valence-electron chi connectivity index (χ2n) is 14.7. The topological polar surface area (TPSA) is 148 Å². The normalized spacial score (nSPS) is 12.2. The molecule has 0 spiro atoms. The Balaban J connectivity index is 0.000000261. The van der Waals surface area contributed by atoms with E-state index in [0.29, 0.717) is 61.9 Å². The Bertz CT molecular complexity index is 2670. The number of esters is 1. The summed E-state index contributed by atoms with van der Waals surface area (Å²) in [6.45, 7) is 3.74. The smallest absolute Gasteiger partial charge is 0.341 e. The van der Waals surface area contributed by atoms with Crippen LogP contribution in [0, 0.1) is 0 Å². The average molecular weight is 951 g/mol. The molecule has 0 radical (unpaired) electrons. The van der Waals surface area contributed by atoms with E-state index in [2.05, 4.69) is 20.8 Å². The molecular formula is C55H52F2N4O9. The maximum absolute atomic E-state index is 14.3. The van der Waals surface area contributed by atoms with E-state index in [0.717, 1.165) is 5.56 Å². The van der Waals surface area contributed by atoms with Crippen molar-refractivity contribution in [3.8, 4) is 11.5 Å². The van der Waals surface area contributed by atoms with Crippen LogP contribution in [0.3, 0.4) is 0 Å². The fourth-order valence-electron chi connectivity index (χ4n) is 6.37. The first-order valence-electron chi connectivity index (χ1n) is 21.6. The number of carbonyl (C=O) groups excluding carboxylic acids is 2. The fourth-order valence-corrected chi connectivity index (χ4v) is 6.37. The van der Waals surface area contributed by atoms with Crippen LogP contribution < -0.4 is 14.8 Å². The quantitative estimate of drug-likeness (QED) is 0.0260. The van der Waals surface area contributed by atoms with Gasteiger partial charge in [0.25, 0.3) is 17.9 Å². The molecule has 0 aliphatic rings. The van der Waals surface area contributed by atoms with Gasteiger partial charge < -0.3 is 38.8 Å². The minimum Gasteiger partial charge on any atom is -0.503 e. The lowest BCUT2D eigenvalue weighted by Crippen LogP contribution is -2.29. The largest absolute Gasteiger partial charge is 0.503 e. The molecule has 6 rings (SSSR count). The van der Waals surface area contributed by atoms with Gasteiger partial charge in [-0.15, -0.1) is 0 Å². The van der Waals surface area contributed by atoms with E-state index in [4.69, 9.17) is 33.5 Å². The lowest BCUT2D eigenvalue weighted by atomic mass is 10.0. The van der Waals surface area contributed by atoms with Crippen molar-refractivity contribution in [3.05, 3.63) is 221 Å². The molecule has 13 nitrogen and oxygen atoms in total. The number of nitrogens with zero attached hydrogens (tertiary/aromatic N) is 3. The van der Waals surface area contributed by atoms with Crippen molar-refractivity contribution in [2.45, 2.75) is 27.1 Å². The SMILES string of the molecule is CNC(=O)/C(=N/OC)c1ccccc1CO/N=C(\C)c1cccc(OC(F)=Cc2ccccc2)c1.CO/C=C(/C(=O)OC)c1ccccc1CO/N=C(\C)c1cccc(OC(F)=Cc2ccccc2)c1. The number of methoxy groups -OCH3 is 2. The molecule has 0 aromatic heterocycles. The second kappa shape index (κ2) is 27.7. The van der Waals surface area contributed by atoms with Gasteiger partial charge in [-0.05, 0) is 54.8 Å². The third kappa shape index (κ3) is 16.2. The lowest BCUT2D eigenvalue weighted by Gasteiger charge is -2.11. The number of oxime groups is 3. The van der Waals surface area contributed by atoms with Crippen molar-refractivity contribution in [2.24, 2.45) is 15.5 Å². The molecule has 70 heavy (non-hydrogen) atoms. The fraction of sp³-hybridized carbons (Fsp3) is 0.145. The first kappa shape index (κ1) is 52.1. The van der Waals surface area contributed by atoms with Crippen LogP contribution in [-0.4, -0.2) is 57.4 Å². The van der Waals surface area contributed by atoms with Gasteiger partial charge in [0.2, 0.25) is 0 Å². The van der Waals surface area contributed by atoms with Crippen LogP contribution in [0.1, 0.15) is 58.4 Å². The van der Waals surface area contributed by atoms with E-state index < -0.39 is 18.0 Å². The maximum atomic E-state index is 14.3. The highest BCUT2D eigenvalue weighted by Crippen LogP contribution is 2.24. The molecule has 1 amide bonds. The Morgan fingerprint density at radius 1 is 0.571 bits per heavy atom. The molecule has 0 unspecified atom stereocenters. The molecule has 1 N–H and O–H groups in total. The van der Waals surface area contributed by atoms with Crippen molar-refractivity contribution < 1.29 is 51.8 Å². The van der Waals surface area contributed by atoms with Gasteiger partial charge in [0.1, 0.15) is 37.4 Å². The molecule has 15 heteroatoms. The summed E-state index contributed by atoms with van der Waals surface area (Å²) in [5.41, 5.74) is 6.95. The predicted octanol–water partition coefficient (Wildman–Crippen LogP) is 11.2. The van der Waals surface area contributed by atoms with Gasteiger partial charge in [0, 0.05) is 47.0 Å². The summed E-state index contributed by atoms with van der Waals surface area (Å²) < 4.78 is 49.1. The molecule has 0 bridgehead atoms. The highest BCUT2D eigenvalue weighted by atomic mass is 19.1. The van der Waals surface area contributed by atoms with Crippen LogP contribution >= 0.6 is 0 Å². The maximum Gasteiger partial charge on any atom is 0.341 e. The molecular weight excluding hydrogens is 899 g/mol. The number of likely N-dealkylation sites (N-methyl/N-ethyl adjacent to an activating group) is 1. The highest BCUT2D eigenvalue weighted by molar-refractivity contribution is 6.45. The third-order valence-electron chi connectivity index (χ3n) is 9.78. The van der Waals surface area contributed by atoms with Gasteiger partial charge in [-0.1, -0.05) is 149 Å². The summed E-state index contributed by atoms with van der Waals surface area (Å²) in [5.74, 6) is -0.244. The van der Waals surface area contributed by atoms with Gasteiger partial charge in [-0.25, -0.2) is 4.79 Å². The number of hydrogen-bond acceptors (Lipinski definition) is 12. The molecule has 0 saturated heterocycles. The zero-order valence-electron chi connectivity index (χ0n) is 39.4. The van der Waals surface area contributed by atoms with Gasteiger partial charge in [0.15, 0.2) is 5.71 Å². The molecule has 360 valence electrons. The van der Waals surface area contributed by atoms with Crippen LogP contribution in [-0.2, 0) is 46.8 Å². The van der Waals surface area contributed by atoms with E-state index >= 15 is 0 Å². The number of amides is 1. The van der Waals surface area contributed by atoms with Crippen molar-refractivity contribution in [1.29, 1.82) is 0 Å². The summed E-state index contributed by atoms with van der Waals surface area (Å²) in [4.78, 5) is 40.3. The Labute approximate surface area is 405 Å². The molecule has 0 saturated carbocycles. The summed E-state index contributed by atoms with van der Waals surface area (Å²) in [5, 5.41) is 14.7. The predicted molar refractivity (Wildman–Crippen MR) is 267 cm³/mol. The van der Waals surface area contributed by atoms with Crippen molar-refractivity contribution in [2.75, 3.05) is 28.4 Å². The van der Waals surface area contributed by atoms with E-state index in [-0.39, 0.29) is 30.4 Å². The number of hydrogen-bond donors (Lipinski definition) is 1. The van der Waals surface area contributed by atoms with E-state index in [1.54, 1.807) is 98.8 Å². The van der Waals surface area contributed by atoms with Gasteiger partial charge in [0.05, 0.1) is 31.9 Å². The summed E-state index contributed by atoms with van der Waals surface area (Å²) >= 11 is 0. The Morgan fingerprint density at radius 2 is 1.03 bits per heavy atom. The number of nitrogens with one attached hydrogen (secondary N) is 1. The zero-order valence-corrected chi connectivity index (χ0v) is 39.4. The lowest BCUT2D eigenvalue weighted by molar-refractivity contribution is -0.133. The third-order valence-corrected chi connectivity index (χ3v) is 9.78. The van der Waals surface area contributed by atoms with Crippen LogP contribution in [0.4, 0.5) is 8.78 Å². The first-order chi connectivity index (χ1) is 34.0. The Morgan fingerprint density at radius 3 is 1.49 bits per heavy atom. The van der Waals surface area contributed by atoms with Gasteiger partial charge in [-0.3, -0.25) is 4.79 Å². The Kier molecular flexibility index (Phi) is 20.6. The molecule has 0 aliphatic heterocycles. The monoisotopic (exact) mass is 950 g/mol. The van der Waals surface area contributed by atoms with Crippen molar-refractivity contribution in [3.63, 3.8) is 0 Å². The first-order valence-corrected chi connectivity index (χ1v) is 21.6. The summed E-state index contributed by atoms with van der Waals surface area (Å²) in [6, 6.07) is 44.9. The van der Waals surface area contributed by atoms with Gasteiger partial charge in [-0.2, -0.15) is 8.78 Å². The zero-order chi connectivity index (χ0) is 50.1. The number of halogens is 2. The number of benzene rings is 6. The summed E-state index contributed by atoms with van der Waals surface area (Å²) in [6.07, 6.45) is 3.96. The van der Waals surface area contributed by atoms with Crippen LogP contribution in [0.15, 0.2) is 191 Å². The second-order valence-corrected chi connectivity index (χ2v) is 14.7. The highest BCUT2D eigenvalue weighted by Gasteiger charge is 2.19.